The van der Waals surface area contributed by atoms with E-state index in [0.29, 0.717) is 12.6 Å². The maximum Gasteiger partial charge on any atom is 0.151 e. The molecule has 1 aromatic carbocycles. The summed E-state index contributed by atoms with van der Waals surface area (Å²) >= 11 is 0. The third-order valence-corrected chi connectivity index (χ3v) is 5.51. The van der Waals surface area contributed by atoms with E-state index in [0.717, 1.165) is 26.1 Å². The van der Waals surface area contributed by atoms with Crippen molar-refractivity contribution in [3.63, 3.8) is 0 Å². The Kier molecular flexibility index (Phi) is 5.57. The Labute approximate surface area is 122 Å². The van der Waals surface area contributed by atoms with Crippen molar-refractivity contribution in [1.29, 1.82) is 0 Å². The van der Waals surface area contributed by atoms with Crippen LogP contribution in [0.25, 0.3) is 0 Å². The van der Waals surface area contributed by atoms with Crippen molar-refractivity contribution in [3.8, 4) is 0 Å². The summed E-state index contributed by atoms with van der Waals surface area (Å²) in [6.07, 6.45) is 0.998. The van der Waals surface area contributed by atoms with Crippen LogP contribution in [0.1, 0.15) is 12.5 Å². The smallest absolute Gasteiger partial charge is 0.151 e. The topological polar surface area (TPSA) is 49.4 Å². The molecule has 1 aliphatic heterocycles. The van der Waals surface area contributed by atoms with Gasteiger partial charge in [-0.25, -0.2) is 8.42 Å². The van der Waals surface area contributed by atoms with Crippen LogP contribution in [0.15, 0.2) is 30.3 Å². The fourth-order valence-corrected chi connectivity index (χ4v) is 3.37. The summed E-state index contributed by atoms with van der Waals surface area (Å²) in [5.74, 6) is 0.522. The molecule has 0 spiro atoms. The SMILES string of the molecule is CCS(=O)(=O)CCN1CCNC(Cc2ccccc2)C1. The lowest BCUT2D eigenvalue weighted by atomic mass is 10.0. The van der Waals surface area contributed by atoms with Gasteiger partial charge >= 0.3 is 0 Å². The summed E-state index contributed by atoms with van der Waals surface area (Å²) < 4.78 is 23.1. The van der Waals surface area contributed by atoms with Crippen LogP contribution in [0.2, 0.25) is 0 Å². The van der Waals surface area contributed by atoms with Gasteiger partial charge < -0.3 is 5.32 Å². The number of hydrogen-bond acceptors (Lipinski definition) is 4. The highest BCUT2D eigenvalue weighted by Crippen LogP contribution is 2.08. The molecule has 1 aliphatic rings. The summed E-state index contributed by atoms with van der Waals surface area (Å²) in [6, 6.07) is 10.8. The van der Waals surface area contributed by atoms with E-state index in [1.165, 1.54) is 5.56 Å². The van der Waals surface area contributed by atoms with Crippen LogP contribution in [0.4, 0.5) is 0 Å². The zero-order valence-corrected chi connectivity index (χ0v) is 12.9. The minimum absolute atomic E-state index is 0.243. The molecule has 1 unspecified atom stereocenters. The van der Waals surface area contributed by atoms with Crippen molar-refractivity contribution in [3.05, 3.63) is 35.9 Å². The zero-order valence-electron chi connectivity index (χ0n) is 12.1. The lowest BCUT2D eigenvalue weighted by molar-refractivity contribution is 0.209. The van der Waals surface area contributed by atoms with Gasteiger partial charge in [-0.1, -0.05) is 37.3 Å². The molecule has 0 saturated carbocycles. The average Bonchev–Trinajstić information content (AvgIpc) is 2.47. The zero-order chi connectivity index (χ0) is 14.4. The maximum atomic E-state index is 11.6. The number of piperazine rings is 1. The van der Waals surface area contributed by atoms with Gasteiger partial charge in [-0.15, -0.1) is 0 Å². The number of sulfone groups is 1. The van der Waals surface area contributed by atoms with Gasteiger partial charge in [-0.2, -0.15) is 0 Å². The monoisotopic (exact) mass is 296 g/mol. The lowest BCUT2D eigenvalue weighted by Gasteiger charge is -2.33. The van der Waals surface area contributed by atoms with E-state index < -0.39 is 9.84 Å². The average molecular weight is 296 g/mol. The van der Waals surface area contributed by atoms with Gasteiger partial charge in [0.2, 0.25) is 0 Å². The van der Waals surface area contributed by atoms with Crippen LogP contribution in [0.3, 0.4) is 0 Å². The highest BCUT2D eigenvalue weighted by molar-refractivity contribution is 7.91. The molecule has 0 radical (unpaired) electrons. The van der Waals surface area contributed by atoms with Gasteiger partial charge in [0, 0.05) is 38.0 Å². The first-order chi connectivity index (χ1) is 9.59. The quantitative estimate of drug-likeness (QED) is 0.849. The second kappa shape index (κ2) is 7.20. The molecule has 1 heterocycles. The summed E-state index contributed by atoms with van der Waals surface area (Å²) in [6.45, 7) is 5.16. The maximum absolute atomic E-state index is 11.6. The van der Waals surface area contributed by atoms with Crippen LogP contribution in [-0.2, 0) is 16.3 Å². The number of nitrogens with zero attached hydrogens (tertiary/aromatic N) is 1. The molecule has 112 valence electrons. The van der Waals surface area contributed by atoms with Gasteiger partial charge in [0.1, 0.15) is 0 Å². The fraction of sp³-hybridized carbons (Fsp3) is 0.600. The Balaban J connectivity index is 1.83. The molecule has 0 amide bonds. The van der Waals surface area contributed by atoms with E-state index in [4.69, 9.17) is 0 Å². The predicted octanol–water partition coefficient (Wildman–Crippen LogP) is 0.938. The molecule has 0 aliphatic carbocycles. The van der Waals surface area contributed by atoms with Gasteiger partial charge in [0.05, 0.1) is 5.75 Å². The molecule has 4 nitrogen and oxygen atoms in total. The Morgan fingerprint density at radius 2 is 2.05 bits per heavy atom. The second-order valence-electron chi connectivity index (χ2n) is 5.38. The molecule has 1 aromatic rings. The van der Waals surface area contributed by atoms with Gasteiger partial charge in [0.15, 0.2) is 9.84 Å². The summed E-state index contributed by atoms with van der Waals surface area (Å²) in [5.41, 5.74) is 1.33. The Morgan fingerprint density at radius 1 is 1.30 bits per heavy atom. The lowest BCUT2D eigenvalue weighted by Crippen LogP contribution is -2.52. The fourth-order valence-electron chi connectivity index (χ4n) is 2.55. The molecule has 1 fully saturated rings. The molecule has 2 rings (SSSR count). The van der Waals surface area contributed by atoms with E-state index in [2.05, 4.69) is 34.5 Å². The van der Waals surface area contributed by atoms with Crippen molar-refractivity contribution < 1.29 is 8.42 Å². The van der Waals surface area contributed by atoms with Crippen LogP contribution in [0.5, 0.6) is 0 Å². The molecule has 0 aromatic heterocycles. The van der Waals surface area contributed by atoms with Gasteiger partial charge in [-0.3, -0.25) is 4.90 Å². The normalized spacial score (nSPS) is 20.9. The summed E-state index contributed by atoms with van der Waals surface area (Å²) in [4.78, 5) is 2.26. The van der Waals surface area contributed by atoms with Crippen molar-refractivity contribution >= 4 is 9.84 Å². The van der Waals surface area contributed by atoms with Gasteiger partial charge in [-0.05, 0) is 12.0 Å². The third-order valence-electron chi connectivity index (χ3n) is 3.82. The molecule has 20 heavy (non-hydrogen) atoms. The minimum atomic E-state index is -2.86. The standard InChI is InChI=1S/C15H24N2O2S/c1-2-20(18,19)11-10-17-9-8-16-15(13-17)12-14-6-4-3-5-7-14/h3-7,15-16H,2,8-13H2,1H3. The summed E-state index contributed by atoms with van der Waals surface area (Å²) in [5, 5.41) is 3.52. The third kappa shape index (κ3) is 4.89. The van der Waals surface area contributed by atoms with Crippen molar-refractivity contribution in [2.45, 2.75) is 19.4 Å². The van der Waals surface area contributed by atoms with Crippen molar-refractivity contribution in [2.75, 3.05) is 37.7 Å². The Hall–Kier alpha value is -0.910. The van der Waals surface area contributed by atoms with E-state index in [1.54, 1.807) is 6.92 Å². The highest BCUT2D eigenvalue weighted by atomic mass is 32.2. The number of benzene rings is 1. The summed E-state index contributed by atoms with van der Waals surface area (Å²) in [7, 11) is -2.86. The van der Waals surface area contributed by atoms with Crippen LogP contribution >= 0.6 is 0 Å². The molecule has 0 bridgehead atoms. The molecule has 1 saturated heterocycles. The van der Waals surface area contributed by atoms with E-state index >= 15 is 0 Å². The molecular formula is C15H24N2O2S. The van der Waals surface area contributed by atoms with E-state index in [1.807, 2.05) is 6.07 Å². The van der Waals surface area contributed by atoms with E-state index in [9.17, 15) is 8.42 Å². The number of hydrogen-bond donors (Lipinski definition) is 1. The van der Waals surface area contributed by atoms with E-state index in [-0.39, 0.29) is 11.5 Å². The van der Waals surface area contributed by atoms with Crippen molar-refractivity contribution in [1.82, 2.24) is 10.2 Å². The van der Waals surface area contributed by atoms with Crippen molar-refractivity contribution in [2.24, 2.45) is 0 Å². The first-order valence-corrected chi connectivity index (χ1v) is 9.11. The largest absolute Gasteiger partial charge is 0.311 e. The predicted molar refractivity (Wildman–Crippen MR) is 82.7 cm³/mol. The number of nitrogens with one attached hydrogen (secondary N) is 1. The Bertz CT molecular complexity index is 502. The highest BCUT2D eigenvalue weighted by Gasteiger charge is 2.20. The van der Waals surface area contributed by atoms with Crippen LogP contribution < -0.4 is 5.32 Å². The minimum Gasteiger partial charge on any atom is -0.311 e. The first kappa shape index (κ1) is 15.5. The van der Waals surface area contributed by atoms with Crippen LogP contribution in [-0.4, -0.2) is 57.0 Å². The Morgan fingerprint density at radius 3 is 2.75 bits per heavy atom. The molecule has 5 heteroatoms. The van der Waals surface area contributed by atoms with Gasteiger partial charge in [0.25, 0.3) is 0 Å². The molecule has 1 N–H and O–H groups in total. The number of rotatable bonds is 6. The van der Waals surface area contributed by atoms with Crippen LogP contribution in [0, 0.1) is 0 Å². The molecular weight excluding hydrogens is 272 g/mol. The first-order valence-electron chi connectivity index (χ1n) is 7.29. The molecule has 1 atom stereocenters. The second-order valence-corrected chi connectivity index (χ2v) is 7.85.